The molecule has 3 nitrogen and oxygen atoms in total. The minimum atomic E-state index is -0.689. The number of aliphatic carboxylic acids is 1. The molecule has 0 aromatic heterocycles. The third-order valence-electron chi connectivity index (χ3n) is 3.59. The molecule has 1 unspecified atom stereocenters. The van der Waals surface area contributed by atoms with E-state index in [2.05, 4.69) is 18.9 Å². The lowest BCUT2D eigenvalue weighted by Crippen LogP contribution is -2.39. The molecule has 1 N–H and O–H groups in total. The van der Waals surface area contributed by atoms with Crippen LogP contribution in [0.25, 0.3) is 0 Å². The van der Waals surface area contributed by atoms with E-state index >= 15 is 0 Å². The van der Waals surface area contributed by atoms with E-state index in [-0.39, 0.29) is 5.92 Å². The van der Waals surface area contributed by atoms with Crippen molar-refractivity contribution in [3.63, 3.8) is 0 Å². The molecule has 1 aliphatic carbocycles. The van der Waals surface area contributed by atoms with Gasteiger partial charge in [-0.15, -0.1) is 0 Å². The summed E-state index contributed by atoms with van der Waals surface area (Å²) in [5.74, 6) is -0.0908. The average Bonchev–Trinajstić information content (AvgIpc) is 2.18. The standard InChI is InChI=1S/C12H23NO2/c1-9-4-6-11(7-5-9)13(3)8-10(2)12(14)15/h9-11H,4-8H2,1-3H3,(H,14,15). The summed E-state index contributed by atoms with van der Waals surface area (Å²) in [7, 11) is 2.06. The van der Waals surface area contributed by atoms with Gasteiger partial charge < -0.3 is 10.0 Å². The molecule has 88 valence electrons. The van der Waals surface area contributed by atoms with Gasteiger partial charge >= 0.3 is 5.97 Å². The molecule has 0 bridgehead atoms. The Hall–Kier alpha value is -0.570. The molecule has 0 spiro atoms. The minimum Gasteiger partial charge on any atom is -0.481 e. The SMILES string of the molecule is CC1CCC(N(C)CC(C)C(=O)O)CC1. The Balaban J connectivity index is 2.33. The fourth-order valence-electron chi connectivity index (χ4n) is 2.34. The molecule has 0 aromatic rings. The third-order valence-corrected chi connectivity index (χ3v) is 3.59. The first-order valence-corrected chi connectivity index (χ1v) is 5.93. The highest BCUT2D eigenvalue weighted by Crippen LogP contribution is 2.26. The van der Waals surface area contributed by atoms with Crippen molar-refractivity contribution < 1.29 is 9.90 Å². The Morgan fingerprint density at radius 3 is 2.40 bits per heavy atom. The van der Waals surface area contributed by atoms with Crippen molar-refractivity contribution in [2.75, 3.05) is 13.6 Å². The van der Waals surface area contributed by atoms with Crippen LogP contribution >= 0.6 is 0 Å². The molecule has 0 heterocycles. The zero-order valence-electron chi connectivity index (χ0n) is 10.1. The summed E-state index contributed by atoms with van der Waals surface area (Å²) in [5, 5.41) is 8.84. The Bertz CT molecular complexity index is 210. The van der Waals surface area contributed by atoms with Crippen LogP contribution in [0.2, 0.25) is 0 Å². The largest absolute Gasteiger partial charge is 0.481 e. The van der Waals surface area contributed by atoms with Gasteiger partial charge in [-0.25, -0.2) is 0 Å². The molecule has 1 fully saturated rings. The van der Waals surface area contributed by atoms with Crippen LogP contribution in [0.5, 0.6) is 0 Å². The van der Waals surface area contributed by atoms with E-state index in [1.54, 1.807) is 6.92 Å². The van der Waals surface area contributed by atoms with Gasteiger partial charge in [0.1, 0.15) is 0 Å². The Labute approximate surface area is 92.5 Å². The van der Waals surface area contributed by atoms with Gasteiger partial charge in [0, 0.05) is 12.6 Å². The predicted molar refractivity (Wildman–Crippen MR) is 60.8 cm³/mol. The summed E-state index contributed by atoms with van der Waals surface area (Å²) in [6.45, 7) is 4.76. The maximum Gasteiger partial charge on any atom is 0.307 e. The molecule has 0 amide bonds. The van der Waals surface area contributed by atoms with E-state index in [9.17, 15) is 4.79 Å². The Kier molecular flexibility index (Phi) is 4.58. The van der Waals surface area contributed by atoms with E-state index in [1.807, 2.05) is 0 Å². The van der Waals surface area contributed by atoms with Crippen LogP contribution in [0, 0.1) is 11.8 Å². The monoisotopic (exact) mass is 213 g/mol. The van der Waals surface area contributed by atoms with Crippen molar-refractivity contribution in [3.05, 3.63) is 0 Å². The maximum atomic E-state index is 10.7. The number of carboxylic acid groups (broad SMARTS) is 1. The van der Waals surface area contributed by atoms with Gasteiger partial charge in [0.2, 0.25) is 0 Å². The molecular formula is C12H23NO2. The molecule has 0 aromatic carbocycles. The molecule has 3 heteroatoms. The Morgan fingerprint density at radius 1 is 1.40 bits per heavy atom. The number of hydrogen-bond donors (Lipinski definition) is 1. The van der Waals surface area contributed by atoms with E-state index < -0.39 is 5.97 Å². The second-order valence-corrected chi connectivity index (χ2v) is 5.09. The lowest BCUT2D eigenvalue weighted by Gasteiger charge is -2.34. The van der Waals surface area contributed by atoms with Crippen molar-refractivity contribution in [1.82, 2.24) is 4.90 Å². The summed E-state index contributed by atoms with van der Waals surface area (Å²) < 4.78 is 0. The fourth-order valence-corrected chi connectivity index (χ4v) is 2.34. The van der Waals surface area contributed by atoms with Crippen LogP contribution in [0.1, 0.15) is 39.5 Å². The van der Waals surface area contributed by atoms with Gasteiger partial charge in [-0.2, -0.15) is 0 Å². The maximum absolute atomic E-state index is 10.7. The van der Waals surface area contributed by atoms with Gasteiger partial charge in [-0.1, -0.05) is 13.8 Å². The molecule has 1 rings (SSSR count). The average molecular weight is 213 g/mol. The predicted octanol–water partition coefficient (Wildman–Crippen LogP) is 2.22. The van der Waals surface area contributed by atoms with Crippen LogP contribution in [0.3, 0.4) is 0 Å². The molecule has 1 atom stereocenters. The van der Waals surface area contributed by atoms with Gasteiger partial charge in [-0.05, 0) is 38.6 Å². The summed E-state index contributed by atoms with van der Waals surface area (Å²) in [4.78, 5) is 13.0. The topological polar surface area (TPSA) is 40.5 Å². The third kappa shape index (κ3) is 3.82. The van der Waals surface area contributed by atoms with Crippen molar-refractivity contribution in [3.8, 4) is 0 Å². The summed E-state index contributed by atoms with van der Waals surface area (Å²) in [6.07, 6.45) is 5.03. The fraction of sp³-hybridized carbons (Fsp3) is 0.917. The number of carboxylic acids is 1. The molecular weight excluding hydrogens is 190 g/mol. The highest BCUT2D eigenvalue weighted by atomic mass is 16.4. The number of nitrogens with zero attached hydrogens (tertiary/aromatic N) is 1. The van der Waals surface area contributed by atoms with Crippen molar-refractivity contribution in [2.45, 2.75) is 45.6 Å². The van der Waals surface area contributed by atoms with Crippen molar-refractivity contribution in [2.24, 2.45) is 11.8 Å². The minimum absolute atomic E-state index is 0.255. The highest BCUT2D eigenvalue weighted by molar-refractivity contribution is 5.69. The lowest BCUT2D eigenvalue weighted by molar-refractivity contribution is -0.141. The molecule has 0 aliphatic heterocycles. The first kappa shape index (κ1) is 12.5. The van der Waals surface area contributed by atoms with E-state index in [1.165, 1.54) is 25.7 Å². The van der Waals surface area contributed by atoms with Crippen LogP contribution in [0.15, 0.2) is 0 Å². The van der Waals surface area contributed by atoms with E-state index in [0.29, 0.717) is 12.6 Å². The molecule has 0 radical (unpaired) electrons. The molecule has 0 saturated heterocycles. The van der Waals surface area contributed by atoms with Crippen molar-refractivity contribution in [1.29, 1.82) is 0 Å². The second kappa shape index (κ2) is 5.50. The normalized spacial score (nSPS) is 29.1. The van der Waals surface area contributed by atoms with Gasteiger partial charge in [0.25, 0.3) is 0 Å². The second-order valence-electron chi connectivity index (χ2n) is 5.09. The van der Waals surface area contributed by atoms with Gasteiger partial charge in [0.15, 0.2) is 0 Å². The number of rotatable bonds is 4. The zero-order chi connectivity index (χ0) is 11.4. The van der Waals surface area contributed by atoms with E-state index in [4.69, 9.17) is 5.11 Å². The van der Waals surface area contributed by atoms with Gasteiger partial charge in [-0.3, -0.25) is 4.79 Å². The first-order valence-electron chi connectivity index (χ1n) is 5.93. The van der Waals surface area contributed by atoms with Crippen molar-refractivity contribution >= 4 is 5.97 Å². The zero-order valence-corrected chi connectivity index (χ0v) is 10.1. The van der Waals surface area contributed by atoms with Crippen LogP contribution in [-0.4, -0.2) is 35.6 Å². The molecule has 15 heavy (non-hydrogen) atoms. The van der Waals surface area contributed by atoms with Crippen LogP contribution in [0.4, 0.5) is 0 Å². The molecule has 1 saturated carbocycles. The van der Waals surface area contributed by atoms with Crippen LogP contribution < -0.4 is 0 Å². The number of carbonyl (C=O) groups is 1. The smallest absolute Gasteiger partial charge is 0.307 e. The van der Waals surface area contributed by atoms with Crippen LogP contribution in [-0.2, 0) is 4.79 Å². The lowest BCUT2D eigenvalue weighted by atomic mass is 9.86. The van der Waals surface area contributed by atoms with Gasteiger partial charge in [0.05, 0.1) is 5.92 Å². The summed E-state index contributed by atoms with van der Waals surface area (Å²) >= 11 is 0. The first-order chi connectivity index (χ1) is 7.00. The van der Waals surface area contributed by atoms with E-state index in [0.717, 1.165) is 5.92 Å². The highest BCUT2D eigenvalue weighted by Gasteiger charge is 2.23. The Morgan fingerprint density at radius 2 is 1.93 bits per heavy atom. The summed E-state index contributed by atoms with van der Waals surface area (Å²) in [6, 6.07) is 0.600. The quantitative estimate of drug-likeness (QED) is 0.778. The summed E-state index contributed by atoms with van der Waals surface area (Å²) in [5.41, 5.74) is 0. The molecule has 1 aliphatic rings. The number of hydrogen-bond acceptors (Lipinski definition) is 2.